The number of carbonyl (C=O) groups is 1. The Kier molecular flexibility index (Phi) is 3.84. The fourth-order valence-electron chi connectivity index (χ4n) is 2.43. The topological polar surface area (TPSA) is 59.4 Å². The molecule has 2 unspecified atom stereocenters. The van der Waals surface area contributed by atoms with Crippen LogP contribution in [0.3, 0.4) is 0 Å². The van der Waals surface area contributed by atoms with Gasteiger partial charge in [0.25, 0.3) is 0 Å². The van der Waals surface area contributed by atoms with E-state index in [4.69, 9.17) is 9.84 Å². The van der Waals surface area contributed by atoms with Gasteiger partial charge in [-0.25, -0.2) is 9.78 Å². The number of rotatable bonds is 3. The molecule has 0 spiro atoms. The Morgan fingerprint density at radius 1 is 1.44 bits per heavy atom. The lowest BCUT2D eigenvalue weighted by atomic mass is 9.89. The van der Waals surface area contributed by atoms with Crippen molar-refractivity contribution < 1.29 is 14.6 Å². The van der Waals surface area contributed by atoms with Gasteiger partial charge < -0.3 is 9.84 Å². The zero-order valence-corrected chi connectivity index (χ0v) is 10.8. The van der Waals surface area contributed by atoms with Crippen LogP contribution in [0, 0.1) is 12.8 Å². The second-order valence-electron chi connectivity index (χ2n) is 5.12. The quantitative estimate of drug-likeness (QED) is 0.894. The molecule has 0 amide bonds. The van der Waals surface area contributed by atoms with Crippen LogP contribution in [0.15, 0.2) is 12.1 Å². The van der Waals surface area contributed by atoms with Gasteiger partial charge in [-0.2, -0.15) is 0 Å². The molecule has 98 valence electrons. The molecule has 0 bridgehead atoms. The Balaban J connectivity index is 2.16. The Labute approximate surface area is 107 Å². The molecule has 1 aliphatic carbocycles. The summed E-state index contributed by atoms with van der Waals surface area (Å²) < 4.78 is 5.81. The van der Waals surface area contributed by atoms with E-state index in [1.54, 1.807) is 12.1 Å². The minimum atomic E-state index is -0.985. The SMILES string of the molecule is Cc1ccc(C(=O)O)c(OC2CCCC(C)C2)n1. The summed E-state index contributed by atoms with van der Waals surface area (Å²) in [5.41, 5.74) is 0.928. The van der Waals surface area contributed by atoms with Gasteiger partial charge in [-0.05, 0) is 44.2 Å². The van der Waals surface area contributed by atoms with Crippen molar-refractivity contribution in [2.24, 2.45) is 5.92 Å². The third kappa shape index (κ3) is 3.00. The molecular formula is C14H19NO3. The van der Waals surface area contributed by atoms with Crippen LogP contribution in [0.4, 0.5) is 0 Å². The van der Waals surface area contributed by atoms with Crippen molar-refractivity contribution in [3.63, 3.8) is 0 Å². The minimum Gasteiger partial charge on any atom is -0.477 e. The Bertz CT molecular complexity index is 445. The molecule has 18 heavy (non-hydrogen) atoms. The van der Waals surface area contributed by atoms with E-state index in [1.807, 2.05) is 6.92 Å². The molecule has 1 saturated carbocycles. The van der Waals surface area contributed by atoms with Crippen molar-refractivity contribution in [2.75, 3.05) is 0 Å². The number of ether oxygens (including phenoxy) is 1. The number of pyridine rings is 1. The normalized spacial score (nSPS) is 23.7. The summed E-state index contributed by atoms with van der Waals surface area (Å²) in [6, 6.07) is 3.26. The van der Waals surface area contributed by atoms with E-state index in [2.05, 4.69) is 11.9 Å². The van der Waals surface area contributed by atoms with Gasteiger partial charge in [0.05, 0.1) is 0 Å². The van der Waals surface area contributed by atoms with E-state index in [9.17, 15) is 4.79 Å². The molecule has 2 atom stereocenters. The second kappa shape index (κ2) is 5.38. The molecule has 2 rings (SSSR count). The highest BCUT2D eigenvalue weighted by molar-refractivity contribution is 5.90. The van der Waals surface area contributed by atoms with Crippen molar-refractivity contribution >= 4 is 5.97 Å². The van der Waals surface area contributed by atoms with Crippen molar-refractivity contribution in [1.82, 2.24) is 4.98 Å². The summed E-state index contributed by atoms with van der Waals surface area (Å²) >= 11 is 0. The van der Waals surface area contributed by atoms with Crippen LogP contribution < -0.4 is 4.74 Å². The first-order valence-electron chi connectivity index (χ1n) is 6.44. The van der Waals surface area contributed by atoms with Crippen LogP contribution in [0.1, 0.15) is 48.7 Å². The van der Waals surface area contributed by atoms with Crippen LogP contribution in [0.2, 0.25) is 0 Å². The molecule has 1 aromatic heterocycles. The molecule has 0 saturated heterocycles. The molecule has 0 aromatic carbocycles. The molecule has 1 N–H and O–H groups in total. The van der Waals surface area contributed by atoms with Crippen LogP contribution in [0.25, 0.3) is 0 Å². The van der Waals surface area contributed by atoms with Crippen LogP contribution in [-0.4, -0.2) is 22.2 Å². The minimum absolute atomic E-state index is 0.0983. The van der Waals surface area contributed by atoms with Gasteiger partial charge in [0, 0.05) is 5.69 Å². The van der Waals surface area contributed by atoms with Crippen molar-refractivity contribution in [3.05, 3.63) is 23.4 Å². The van der Waals surface area contributed by atoms with Gasteiger partial charge in [0.1, 0.15) is 11.7 Å². The van der Waals surface area contributed by atoms with Crippen molar-refractivity contribution in [2.45, 2.75) is 45.6 Å². The predicted molar refractivity (Wildman–Crippen MR) is 68.0 cm³/mol. The van der Waals surface area contributed by atoms with Crippen molar-refractivity contribution in [1.29, 1.82) is 0 Å². The maximum atomic E-state index is 11.1. The summed E-state index contributed by atoms with van der Waals surface area (Å²) in [5, 5.41) is 9.12. The number of nitrogens with zero attached hydrogens (tertiary/aromatic N) is 1. The first-order chi connectivity index (χ1) is 8.56. The number of aryl methyl sites for hydroxylation is 1. The van der Waals surface area contributed by atoms with E-state index in [-0.39, 0.29) is 17.5 Å². The van der Waals surface area contributed by atoms with E-state index in [1.165, 1.54) is 6.42 Å². The standard InChI is InChI=1S/C14H19NO3/c1-9-4-3-5-11(8-9)18-13-12(14(16)17)7-6-10(2)15-13/h6-7,9,11H,3-5,8H2,1-2H3,(H,16,17). The Morgan fingerprint density at radius 2 is 2.22 bits per heavy atom. The van der Waals surface area contributed by atoms with Crippen LogP contribution in [0.5, 0.6) is 5.88 Å². The fraction of sp³-hybridized carbons (Fsp3) is 0.571. The van der Waals surface area contributed by atoms with Crippen LogP contribution in [-0.2, 0) is 0 Å². The maximum absolute atomic E-state index is 11.1. The van der Waals surface area contributed by atoms with Gasteiger partial charge in [0.2, 0.25) is 5.88 Å². The largest absolute Gasteiger partial charge is 0.477 e. The second-order valence-corrected chi connectivity index (χ2v) is 5.12. The summed E-state index contributed by atoms with van der Waals surface area (Å²) in [6.45, 7) is 4.04. The molecular weight excluding hydrogens is 230 g/mol. The molecule has 1 aliphatic rings. The Hall–Kier alpha value is -1.58. The molecule has 0 radical (unpaired) electrons. The number of hydrogen-bond donors (Lipinski definition) is 1. The van der Waals surface area contributed by atoms with E-state index >= 15 is 0 Å². The molecule has 1 aromatic rings. The monoisotopic (exact) mass is 249 g/mol. The van der Waals surface area contributed by atoms with E-state index in [0.717, 1.165) is 25.0 Å². The molecule has 4 heteroatoms. The average molecular weight is 249 g/mol. The zero-order chi connectivity index (χ0) is 13.1. The number of aromatic nitrogens is 1. The van der Waals surface area contributed by atoms with Gasteiger partial charge in [0.15, 0.2) is 0 Å². The lowest BCUT2D eigenvalue weighted by molar-refractivity contribution is 0.0680. The molecule has 1 heterocycles. The number of aromatic carboxylic acids is 1. The van der Waals surface area contributed by atoms with Gasteiger partial charge >= 0.3 is 5.97 Å². The van der Waals surface area contributed by atoms with Gasteiger partial charge in [-0.15, -0.1) is 0 Å². The highest BCUT2D eigenvalue weighted by atomic mass is 16.5. The van der Waals surface area contributed by atoms with Crippen molar-refractivity contribution in [3.8, 4) is 5.88 Å². The first kappa shape index (κ1) is 12.9. The number of carboxylic acid groups (broad SMARTS) is 1. The molecule has 4 nitrogen and oxygen atoms in total. The highest BCUT2D eigenvalue weighted by Crippen LogP contribution is 2.28. The molecule has 1 fully saturated rings. The van der Waals surface area contributed by atoms with E-state index < -0.39 is 5.97 Å². The summed E-state index contributed by atoms with van der Waals surface area (Å²) in [5.74, 6) is -0.0789. The lowest BCUT2D eigenvalue weighted by Gasteiger charge is -2.27. The van der Waals surface area contributed by atoms with E-state index in [0.29, 0.717) is 5.92 Å². The Morgan fingerprint density at radius 3 is 2.89 bits per heavy atom. The van der Waals surface area contributed by atoms with Gasteiger partial charge in [-0.1, -0.05) is 13.3 Å². The predicted octanol–water partition coefficient (Wildman–Crippen LogP) is 3.05. The fourth-order valence-corrected chi connectivity index (χ4v) is 2.43. The zero-order valence-electron chi connectivity index (χ0n) is 10.8. The summed E-state index contributed by atoms with van der Waals surface area (Å²) in [4.78, 5) is 15.3. The summed E-state index contributed by atoms with van der Waals surface area (Å²) in [6.07, 6.45) is 4.43. The lowest BCUT2D eigenvalue weighted by Crippen LogP contribution is -2.25. The van der Waals surface area contributed by atoms with Gasteiger partial charge in [-0.3, -0.25) is 0 Å². The molecule has 0 aliphatic heterocycles. The number of carboxylic acids is 1. The average Bonchev–Trinajstić information content (AvgIpc) is 2.28. The highest BCUT2D eigenvalue weighted by Gasteiger charge is 2.23. The first-order valence-corrected chi connectivity index (χ1v) is 6.44. The third-order valence-corrected chi connectivity index (χ3v) is 3.40. The smallest absolute Gasteiger partial charge is 0.341 e. The van der Waals surface area contributed by atoms with Crippen LogP contribution >= 0.6 is 0 Å². The maximum Gasteiger partial charge on any atom is 0.341 e. The summed E-state index contributed by atoms with van der Waals surface area (Å²) in [7, 11) is 0. The third-order valence-electron chi connectivity index (χ3n) is 3.40. The number of hydrogen-bond acceptors (Lipinski definition) is 3.